The van der Waals surface area contributed by atoms with Gasteiger partial charge in [-0.1, -0.05) is 32.9 Å². The maximum absolute atomic E-state index is 13.1. The third-order valence-electron chi connectivity index (χ3n) is 5.69. The third kappa shape index (κ3) is 5.72. The van der Waals surface area contributed by atoms with Gasteiger partial charge in [-0.05, 0) is 53.8 Å². The van der Waals surface area contributed by atoms with Crippen molar-refractivity contribution in [3.8, 4) is 5.75 Å². The van der Waals surface area contributed by atoms with Crippen LogP contribution in [0.1, 0.15) is 38.3 Å². The molecule has 0 aromatic heterocycles. The SMILES string of the molecule is CCC(=O)N1CCc2cc(S(=O)(=O)N[C@H](C(=O)NCc3cccc(OC)c3)C(C)C)ccc21. The van der Waals surface area contributed by atoms with Gasteiger partial charge < -0.3 is 15.0 Å². The predicted octanol–water partition coefficient (Wildman–Crippen LogP) is 2.61. The number of nitrogens with one attached hydrogen (secondary N) is 2. The summed E-state index contributed by atoms with van der Waals surface area (Å²) in [5.41, 5.74) is 2.40. The molecule has 1 aliphatic rings. The summed E-state index contributed by atoms with van der Waals surface area (Å²) < 4.78 is 33.9. The van der Waals surface area contributed by atoms with Crippen LogP contribution in [0, 0.1) is 5.92 Å². The highest BCUT2D eigenvalue weighted by molar-refractivity contribution is 7.89. The Balaban J connectivity index is 1.73. The zero-order chi connectivity index (χ0) is 24.2. The lowest BCUT2D eigenvalue weighted by Crippen LogP contribution is -2.49. The van der Waals surface area contributed by atoms with Crippen LogP contribution in [0.25, 0.3) is 0 Å². The Morgan fingerprint density at radius 2 is 1.91 bits per heavy atom. The van der Waals surface area contributed by atoms with E-state index in [1.165, 1.54) is 6.07 Å². The van der Waals surface area contributed by atoms with Gasteiger partial charge in [-0.3, -0.25) is 9.59 Å². The Morgan fingerprint density at radius 1 is 1.15 bits per heavy atom. The Kier molecular flexibility index (Phi) is 7.76. The number of amides is 2. The van der Waals surface area contributed by atoms with E-state index in [-0.39, 0.29) is 23.3 Å². The van der Waals surface area contributed by atoms with Crippen molar-refractivity contribution in [3.63, 3.8) is 0 Å². The largest absolute Gasteiger partial charge is 0.497 e. The number of rotatable bonds is 9. The van der Waals surface area contributed by atoms with Crippen molar-refractivity contribution in [2.75, 3.05) is 18.6 Å². The van der Waals surface area contributed by atoms with Crippen LogP contribution in [-0.2, 0) is 32.6 Å². The number of anilines is 1. The van der Waals surface area contributed by atoms with E-state index in [0.717, 1.165) is 16.8 Å². The zero-order valence-electron chi connectivity index (χ0n) is 19.4. The predicted molar refractivity (Wildman–Crippen MR) is 127 cm³/mol. The average Bonchev–Trinajstić information content (AvgIpc) is 3.24. The van der Waals surface area contributed by atoms with Gasteiger partial charge in [0.25, 0.3) is 0 Å². The van der Waals surface area contributed by atoms with Crippen molar-refractivity contribution in [1.29, 1.82) is 0 Å². The van der Waals surface area contributed by atoms with Crippen molar-refractivity contribution in [3.05, 3.63) is 53.6 Å². The molecule has 0 bridgehead atoms. The van der Waals surface area contributed by atoms with Crippen LogP contribution in [0.15, 0.2) is 47.4 Å². The van der Waals surface area contributed by atoms with Crippen LogP contribution in [-0.4, -0.2) is 39.9 Å². The summed E-state index contributed by atoms with van der Waals surface area (Å²) in [5.74, 6) is 0.0168. The van der Waals surface area contributed by atoms with E-state index in [0.29, 0.717) is 25.1 Å². The van der Waals surface area contributed by atoms with Gasteiger partial charge in [0.15, 0.2) is 0 Å². The molecule has 3 rings (SSSR count). The lowest BCUT2D eigenvalue weighted by atomic mass is 10.0. The molecule has 33 heavy (non-hydrogen) atoms. The number of carbonyl (C=O) groups is 2. The number of hydrogen-bond acceptors (Lipinski definition) is 5. The Hall–Kier alpha value is -2.91. The molecule has 8 nitrogen and oxygen atoms in total. The molecule has 0 aliphatic carbocycles. The molecule has 2 N–H and O–H groups in total. The van der Waals surface area contributed by atoms with E-state index < -0.39 is 22.0 Å². The fraction of sp³-hybridized carbons (Fsp3) is 0.417. The molecule has 2 aromatic carbocycles. The molecule has 178 valence electrons. The second-order valence-corrected chi connectivity index (χ2v) is 10.1. The third-order valence-corrected chi connectivity index (χ3v) is 7.13. The zero-order valence-corrected chi connectivity index (χ0v) is 20.2. The summed E-state index contributed by atoms with van der Waals surface area (Å²) in [6, 6.07) is 11.1. The monoisotopic (exact) mass is 473 g/mol. The number of fused-ring (bicyclic) bond motifs is 1. The molecule has 9 heteroatoms. The standard InChI is InChI=1S/C24H31N3O5S/c1-5-22(28)27-12-11-18-14-20(9-10-21(18)27)33(30,31)26-23(16(2)3)24(29)25-15-17-7-6-8-19(13-17)32-4/h6-10,13-14,16,23,26H,5,11-12,15H2,1-4H3,(H,25,29)/t23-/m0/s1. The Bertz CT molecular complexity index is 1130. The summed E-state index contributed by atoms with van der Waals surface area (Å²) in [4.78, 5) is 26.7. The molecular formula is C24H31N3O5S. The number of nitrogens with zero attached hydrogens (tertiary/aromatic N) is 1. The summed E-state index contributed by atoms with van der Waals surface area (Å²) in [5, 5.41) is 2.81. The van der Waals surface area contributed by atoms with E-state index in [1.807, 2.05) is 24.3 Å². The summed E-state index contributed by atoms with van der Waals surface area (Å²) >= 11 is 0. The van der Waals surface area contributed by atoms with Gasteiger partial charge in [0.1, 0.15) is 11.8 Å². The van der Waals surface area contributed by atoms with E-state index >= 15 is 0 Å². The molecular weight excluding hydrogens is 442 g/mol. The molecule has 1 atom stereocenters. The van der Waals surface area contributed by atoms with Crippen LogP contribution < -0.4 is 19.7 Å². The van der Waals surface area contributed by atoms with Gasteiger partial charge >= 0.3 is 0 Å². The number of ether oxygens (including phenoxy) is 1. The minimum absolute atomic E-state index is 0.00932. The lowest BCUT2D eigenvalue weighted by molar-refractivity contribution is -0.123. The van der Waals surface area contributed by atoms with E-state index in [2.05, 4.69) is 10.0 Å². The highest BCUT2D eigenvalue weighted by Crippen LogP contribution is 2.30. The van der Waals surface area contributed by atoms with Crippen LogP contribution in [0.3, 0.4) is 0 Å². The van der Waals surface area contributed by atoms with Gasteiger partial charge in [0.05, 0.1) is 12.0 Å². The second kappa shape index (κ2) is 10.4. The van der Waals surface area contributed by atoms with Crippen molar-refractivity contribution in [2.45, 2.75) is 51.1 Å². The van der Waals surface area contributed by atoms with Gasteiger partial charge in [-0.2, -0.15) is 4.72 Å². The van der Waals surface area contributed by atoms with E-state index in [4.69, 9.17) is 4.74 Å². The fourth-order valence-electron chi connectivity index (χ4n) is 3.80. The smallest absolute Gasteiger partial charge is 0.241 e. The van der Waals surface area contributed by atoms with E-state index in [1.54, 1.807) is 44.9 Å². The fourth-order valence-corrected chi connectivity index (χ4v) is 5.20. The minimum Gasteiger partial charge on any atom is -0.497 e. The Labute approximate surface area is 195 Å². The van der Waals surface area contributed by atoms with Crippen molar-refractivity contribution >= 4 is 27.5 Å². The van der Waals surface area contributed by atoms with Gasteiger partial charge in [0, 0.05) is 25.2 Å². The molecule has 2 amide bonds. The van der Waals surface area contributed by atoms with Gasteiger partial charge in [-0.15, -0.1) is 0 Å². The summed E-state index contributed by atoms with van der Waals surface area (Å²) in [6.45, 7) is 6.17. The average molecular weight is 474 g/mol. The van der Waals surface area contributed by atoms with E-state index in [9.17, 15) is 18.0 Å². The summed E-state index contributed by atoms with van der Waals surface area (Å²) in [7, 11) is -2.37. The van der Waals surface area contributed by atoms with Crippen LogP contribution in [0.2, 0.25) is 0 Å². The van der Waals surface area contributed by atoms with Crippen LogP contribution >= 0.6 is 0 Å². The molecule has 1 aliphatic heterocycles. The number of benzene rings is 2. The minimum atomic E-state index is -3.94. The highest BCUT2D eigenvalue weighted by atomic mass is 32.2. The lowest BCUT2D eigenvalue weighted by Gasteiger charge is -2.22. The number of carbonyl (C=O) groups excluding carboxylic acids is 2. The first-order chi connectivity index (χ1) is 15.7. The normalized spacial score (nSPS) is 14.2. The van der Waals surface area contributed by atoms with Gasteiger partial charge in [0.2, 0.25) is 21.8 Å². The van der Waals surface area contributed by atoms with Crippen molar-refractivity contribution in [2.24, 2.45) is 5.92 Å². The second-order valence-electron chi connectivity index (χ2n) is 8.35. The maximum Gasteiger partial charge on any atom is 0.241 e. The maximum atomic E-state index is 13.1. The molecule has 0 radical (unpaired) electrons. The highest BCUT2D eigenvalue weighted by Gasteiger charge is 2.30. The molecule has 0 saturated carbocycles. The van der Waals surface area contributed by atoms with Gasteiger partial charge in [-0.25, -0.2) is 8.42 Å². The molecule has 0 unspecified atom stereocenters. The molecule has 0 fully saturated rings. The first-order valence-electron chi connectivity index (χ1n) is 11.0. The topological polar surface area (TPSA) is 105 Å². The molecule has 2 aromatic rings. The van der Waals surface area contributed by atoms with Crippen molar-refractivity contribution < 1.29 is 22.7 Å². The molecule has 0 saturated heterocycles. The Morgan fingerprint density at radius 3 is 2.58 bits per heavy atom. The van der Waals surface area contributed by atoms with Crippen LogP contribution in [0.4, 0.5) is 5.69 Å². The summed E-state index contributed by atoms with van der Waals surface area (Å²) in [6.07, 6.45) is 0.987. The van der Waals surface area contributed by atoms with Crippen LogP contribution in [0.5, 0.6) is 5.75 Å². The quantitative estimate of drug-likeness (QED) is 0.583. The first-order valence-corrected chi connectivity index (χ1v) is 12.5. The number of sulfonamides is 1. The number of hydrogen-bond donors (Lipinski definition) is 2. The van der Waals surface area contributed by atoms with Crippen molar-refractivity contribution in [1.82, 2.24) is 10.0 Å². The molecule has 0 spiro atoms. The first kappa shape index (κ1) is 24.7. The molecule has 1 heterocycles. The number of methoxy groups -OCH3 is 1.